The van der Waals surface area contributed by atoms with Gasteiger partial charge >= 0.3 is 0 Å². The highest BCUT2D eigenvalue weighted by Gasteiger charge is 2.25. The Bertz CT molecular complexity index is 1230. The van der Waals surface area contributed by atoms with Gasteiger partial charge in [0.25, 0.3) is 5.91 Å². The lowest BCUT2D eigenvalue weighted by Gasteiger charge is -2.23. The Labute approximate surface area is 212 Å². The number of phenolic OH excluding ortho intramolecular Hbond substituents is 1. The Morgan fingerprint density at radius 2 is 1.74 bits per heavy atom. The summed E-state index contributed by atoms with van der Waals surface area (Å²) < 4.78 is 6.89. The van der Waals surface area contributed by atoms with Gasteiger partial charge in [-0.15, -0.1) is 0 Å². The molecule has 35 heavy (non-hydrogen) atoms. The number of carbonyl (C=O) groups is 1. The third kappa shape index (κ3) is 6.38. The van der Waals surface area contributed by atoms with E-state index in [1.54, 1.807) is 18.2 Å². The lowest BCUT2D eigenvalue weighted by atomic mass is 10.1. The summed E-state index contributed by atoms with van der Waals surface area (Å²) >= 11 is 1.47. The van der Waals surface area contributed by atoms with Gasteiger partial charge in [0.1, 0.15) is 11.5 Å². The summed E-state index contributed by atoms with van der Waals surface area (Å²) in [4.78, 5) is 16.9. The zero-order valence-corrected chi connectivity index (χ0v) is 22.1. The second-order valence-electron chi connectivity index (χ2n) is 10.3. The lowest BCUT2D eigenvalue weighted by molar-refractivity contribution is -0.870. The van der Waals surface area contributed by atoms with Gasteiger partial charge in [0.05, 0.1) is 39.2 Å². The number of quaternary nitrogens is 1. The third-order valence-corrected chi connectivity index (χ3v) is 7.38. The molecule has 1 amide bonds. The van der Waals surface area contributed by atoms with E-state index in [0.29, 0.717) is 30.2 Å². The fraction of sp³-hybridized carbons (Fsp3) is 0.345. The van der Waals surface area contributed by atoms with Gasteiger partial charge in [0.2, 0.25) is 0 Å². The van der Waals surface area contributed by atoms with Crippen LogP contribution >= 0.6 is 11.8 Å². The molecule has 0 fully saturated rings. The summed E-state index contributed by atoms with van der Waals surface area (Å²) in [5.41, 5.74) is 5.30. The van der Waals surface area contributed by atoms with E-state index in [9.17, 15) is 9.90 Å². The van der Waals surface area contributed by atoms with Crippen molar-refractivity contribution in [2.75, 3.05) is 34.3 Å². The number of amides is 1. The van der Waals surface area contributed by atoms with Crippen molar-refractivity contribution in [3.8, 4) is 11.5 Å². The van der Waals surface area contributed by atoms with Crippen molar-refractivity contribution in [3.63, 3.8) is 0 Å². The van der Waals surface area contributed by atoms with Crippen LogP contribution in [0, 0.1) is 13.8 Å². The Morgan fingerprint density at radius 3 is 2.49 bits per heavy atom. The van der Waals surface area contributed by atoms with E-state index in [-0.39, 0.29) is 11.7 Å². The number of aromatic hydroxyl groups is 1. The average Bonchev–Trinajstić information content (AvgIpc) is 3.23. The van der Waals surface area contributed by atoms with Gasteiger partial charge in [0.15, 0.2) is 0 Å². The summed E-state index contributed by atoms with van der Waals surface area (Å²) in [6.45, 7) is 7.04. The first-order chi connectivity index (χ1) is 16.6. The molecule has 1 N–H and O–H groups in total. The summed E-state index contributed by atoms with van der Waals surface area (Å²) in [6.07, 6.45) is 0.995. The van der Waals surface area contributed by atoms with E-state index < -0.39 is 0 Å². The maximum atomic E-state index is 13.3. The van der Waals surface area contributed by atoms with Crippen molar-refractivity contribution in [3.05, 3.63) is 82.4 Å². The highest BCUT2D eigenvalue weighted by Crippen LogP contribution is 2.36. The monoisotopic (exact) mass is 491 g/mol. The fourth-order valence-electron chi connectivity index (χ4n) is 4.15. The van der Waals surface area contributed by atoms with E-state index in [4.69, 9.17) is 4.74 Å². The smallest absolute Gasteiger partial charge is 0.254 e. The Hall–Kier alpha value is -2.96. The van der Waals surface area contributed by atoms with E-state index >= 15 is 0 Å². The lowest BCUT2D eigenvalue weighted by Crippen LogP contribution is -2.35. The number of carbonyl (C=O) groups excluding carboxylic acids is 1. The zero-order valence-electron chi connectivity index (χ0n) is 21.3. The number of hydrogen-bond acceptors (Lipinski definition) is 4. The van der Waals surface area contributed by atoms with Crippen LogP contribution in [-0.2, 0) is 13.1 Å². The second-order valence-corrected chi connectivity index (χ2v) is 11.5. The normalized spacial score (nSPS) is 13.1. The van der Waals surface area contributed by atoms with Gasteiger partial charge in [-0.3, -0.25) is 4.79 Å². The van der Waals surface area contributed by atoms with E-state index in [2.05, 4.69) is 59.3 Å². The van der Waals surface area contributed by atoms with Crippen LogP contribution < -0.4 is 4.74 Å². The SMILES string of the molecule is Cc1ccc(Sc2cc(C(=O)N3Cc4ccc(OCCC[N+](C)(C)C)cc4C3)ccc2O)cc1C. The Morgan fingerprint density at radius 1 is 0.971 bits per heavy atom. The third-order valence-electron chi connectivity index (χ3n) is 6.34. The molecule has 184 valence electrons. The first kappa shape index (κ1) is 25.1. The molecule has 4 rings (SSSR count). The van der Waals surface area contributed by atoms with Crippen molar-refractivity contribution in [2.24, 2.45) is 0 Å². The molecule has 3 aromatic rings. The predicted molar refractivity (Wildman–Crippen MR) is 141 cm³/mol. The van der Waals surface area contributed by atoms with Crippen LogP contribution in [0.3, 0.4) is 0 Å². The zero-order chi connectivity index (χ0) is 25.2. The highest BCUT2D eigenvalue weighted by molar-refractivity contribution is 7.99. The molecule has 0 unspecified atom stereocenters. The molecule has 3 aromatic carbocycles. The van der Waals surface area contributed by atoms with Crippen LogP contribution in [0.4, 0.5) is 0 Å². The summed E-state index contributed by atoms with van der Waals surface area (Å²) in [7, 11) is 6.54. The van der Waals surface area contributed by atoms with Crippen LogP contribution in [0.2, 0.25) is 0 Å². The number of fused-ring (bicyclic) bond motifs is 1. The Kier molecular flexibility index (Phi) is 7.43. The summed E-state index contributed by atoms with van der Waals surface area (Å²) in [5, 5.41) is 10.4. The quantitative estimate of drug-likeness (QED) is 0.320. The molecule has 0 saturated carbocycles. The first-order valence-corrected chi connectivity index (χ1v) is 12.8. The van der Waals surface area contributed by atoms with Crippen LogP contribution in [0.1, 0.15) is 39.0 Å². The fourth-order valence-corrected chi connectivity index (χ4v) is 5.13. The maximum absolute atomic E-state index is 13.3. The minimum absolute atomic E-state index is 0.0337. The van der Waals surface area contributed by atoms with Gasteiger partial charge < -0.3 is 19.2 Å². The molecule has 0 spiro atoms. The molecule has 0 atom stereocenters. The van der Waals surface area contributed by atoms with Crippen molar-refractivity contribution in [1.82, 2.24) is 4.90 Å². The van der Waals surface area contributed by atoms with Crippen LogP contribution in [0.5, 0.6) is 11.5 Å². The molecule has 0 bridgehead atoms. The van der Waals surface area contributed by atoms with Crippen molar-refractivity contribution < 1.29 is 19.1 Å². The maximum Gasteiger partial charge on any atom is 0.254 e. The Balaban J connectivity index is 1.41. The van der Waals surface area contributed by atoms with Gasteiger partial charge in [-0.05, 0) is 78.6 Å². The summed E-state index contributed by atoms with van der Waals surface area (Å²) in [5.74, 6) is 1.01. The number of phenols is 1. The molecule has 0 radical (unpaired) electrons. The molecule has 1 aliphatic heterocycles. The number of hydrogen-bond donors (Lipinski definition) is 1. The van der Waals surface area contributed by atoms with Gasteiger partial charge in [-0.25, -0.2) is 0 Å². The molecule has 0 saturated heterocycles. The molecule has 1 heterocycles. The van der Waals surface area contributed by atoms with Crippen LogP contribution in [-0.4, -0.2) is 54.7 Å². The molecule has 1 aliphatic rings. The predicted octanol–water partition coefficient (Wildman–Crippen LogP) is 5.79. The topological polar surface area (TPSA) is 49.8 Å². The highest BCUT2D eigenvalue weighted by atomic mass is 32.2. The number of rotatable bonds is 8. The van der Waals surface area contributed by atoms with Gasteiger partial charge in [-0.1, -0.05) is 23.9 Å². The van der Waals surface area contributed by atoms with Crippen molar-refractivity contribution in [1.29, 1.82) is 0 Å². The molecular formula is C29H35N2O3S+. The van der Waals surface area contributed by atoms with E-state index in [1.807, 2.05) is 17.0 Å². The molecule has 5 nitrogen and oxygen atoms in total. The number of aryl methyl sites for hydroxylation is 2. The molecular weight excluding hydrogens is 456 g/mol. The van der Waals surface area contributed by atoms with Gasteiger partial charge in [0, 0.05) is 30.0 Å². The van der Waals surface area contributed by atoms with E-state index in [1.165, 1.54) is 22.9 Å². The second kappa shape index (κ2) is 10.3. The van der Waals surface area contributed by atoms with Gasteiger partial charge in [-0.2, -0.15) is 0 Å². The molecule has 0 aromatic heterocycles. The minimum Gasteiger partial charge on any atom is -0.507 e. The standard InChI is InChI=1S/C29H34N2O3S/c1-20-7-11-26(15-21(20)2)35-28-17-22(9-12-27(28)32)29(33)30-18-23-8-10-25(16-24(23)19-30)34-14-6-13-31(3,4)5/h7-12,15-17H,6,13-14,18-19H2,1-5H3/p+1. The first-order valence-electron chi connectivity index (χ1n) is 12.0. The largest absolute Gasteiger partial charge is 0.507 e. The molecule has 6 heteroatoms. The minimum atomic E-state index is -0.0337. The summed E-state index contributed by atoms with van der Waals surface area (Å²) in [6, 6.07) is 17.5. The van der Waals surface area contributed by atoms with Crippen LogP contribution in [0.25, 0.3) is 0 Å². The number of nitrogens with zero attached hydrogens (tertiary/aromatic N) is 2. The average molecular weight is 492 g/mol. The number of ether oxygens (including phenoxy) is 1. The van der Waals surface area contributed by atoms with Crippen molar-refractivity contribution >= 4 is 17.7 Å². The van der Waals surface area contributed by atoms with Crippen LogP contribution in [0.15, 0.2) is 64.4 Å². The van der Waals surface area contributed by atoms with E-state index in [0.717, 1.165) is 39.2 Å². The van der Waals surface area contributed by atoms with Crippen molar-refractivity contribution in [2.45, 2.75) is 43.1 Å². The molecule has 0 aliphatic carbocycles. The number of benzene rings is 3.